The molecule has 0 aliphatic heterocycles. The lowest BCUT2D eigenvalue weighted by Crippen LogP contribution is -2.01. The first-order valence-corrected chi connectivity index (χ1v) is 4.63. The van der Waals surface area contributed by atoms with Gasteiger partial charge in [0.05, 0.1) is 11.8 Å². The fourth-order valence-electron chi connectivity index (χ4n) is 1.41. The standard InChI is InChI=1S/C12H11NO2/c1-8-11(6-7-15-8)12(14)9-2-4-10(13)5-3-9/h2-7H,13H2,1H3. The van der Waals surface area contributed by atoms with E-state index in [1.807, 2.05) is 0 Å². The Bertz CT molecular complexity index is 483. The molecule has 0 aliphatic carbocycles. The van der Waals surface area contributed by atoms with Gasteiger partial charge in [0.15, 0.2) is 5.78 Å². The third kappa shape index (κ3) is 1.76. The van der Waals surface area contributed by atoms with Crippen molar-refractivity contribution in [3.63, 3.8) is 0 Å². The highest BCUT2D eigenvalue weighted by atomic mass is 16.3. The van der Waals surface area contributed by atoms with Gasteiger partial charge in [-0.1, -0.05) is 0 Å². The van der Waals surface area contributed by atoms with Gasteiger partial charge in [-0.15, -0.1) is 0 Å². The Labute approximate surface area is 87.5 Å². The summed E-state index contributed by atoms with van der Waals surface area (Å²) in [6.07, 6.45) is 1.51. The number of carbonyl (C=O) groups is 1. The smallest absolute Gasteiger partial charge is 0.196 e. The molecule has 0 aliphatic rings. The number of aryl methyl sites for hydroxylation is 1. The Morgan fingerprint density at radius 3 is 2.40 bits per heavy atom. The average molecular weight is 201 g/mol. The maximum atomic E-state index is 11.9. The van der Waals surface area contributed by atoms with Gasteiger partial charge in [-0.3, -0.25) is 4.79 Å². The van der Waals surface area contributed by atoms with Crippen LogP contribution in [0.2, 0.25) is 0 Å². The zero-order chi connectivity index (χ0) is 10.8. The molecule has 0 atom stereocenters. The molecule has 76 valence electrons. The minimum atomic E-state index is -0.0405. The number of ketones is 1. The molecule has 0 saturated heterocycles. The van der Waals surface area contributed by atoms with E-state index in [2.05, 4.69) is 0 Å². The van der Waals surface area contributed by atoms with Crippen molar-refractivity contribution in [1.29, 1.82) is 0 Å². The fraction of sp³-hybridized carbons (Fsp3) is 0.0833. The molecule has 2 N–H and O–H groups in total. The van der Waals surface area contributed by atoms with E-state index in [1.165, 1.54) is 6.26 Å². The van der Waals surface area contributed by atoms with Crippen LogP contribution >= 0.6 is 0 Å². The Hall–Kier alpha value is -2.03. The number of benzene rings is 1. The van der Waals surface area contributed by atoms with Crippen LogP contribution in [0.4, 0.5) is 5.69 Å². The molecule has 2 aromatic rings. The lowest BCUT2D eigenvalue weighted by atomic mass is 10.0. The van der Waals surface area contributed by atoms with Crippen molar-refractivity contribution in [2.75, 3.05) is 5.73 Å². The largest absolute Gasteiger partial charge is 0.469 e. The molecule has 0 spiro atoms. The maximum absolute atomic E-state index is 11.9. The Kier molecular flexibility index (Phi) is 2.29. The predicted molar refractivity (Wildman–Crippen MR) is 57.7 cm³/mol. The summed E-state index contributed by atoms with van der Waals surface area (Å²) in [6, 6.07) is 8.52. The minimum Gasteiger partial charge on any atom is -0.469 e. The average Bonchev–Trinajstić information content (AvgIpc) is 2.65. The van der Waals surface area contributed by atoms with Crippen molar-refractivity contribution >= 4 is 11.5 Å². The van der Waals surface area contributed by atoms with E-state index in [0.717, 1.165) is 0 Å². The third-order valence-corrected chi connectivity index (χ3v) is 2.28. The van der Waals surface area contributed by atoms with Crippen LogP contribution < -0.4 is 5.73 Å². The lowest BCUT2D eigenvalue weighted by Gasteiger charge is -1.99. The molecule has 0 bridgehead atoms. The Balaban J connectivity index is 2.37. The van der Waals surface area contributed by atoms with Crippen LogP contribution in [-0.2, 0) is 0 Å². The molecule has 15 heavy (non-hydrogen) atoms. The SMILES string of the molecule is Cc1occc1C(=O)c1ccc(N)cc1. The van der Waals surface area contributed by atoms with Gasteiger partial charge in [-0.2, -0.15) is 0 Å². The molecule has 1 heterocycles. The van der Waals surface area contributed by atoms with Gasteiger partial charge in [0, 0.05) is 11.3 Å². The number of hydrogen-bond donors (Lipinski definition) is 1. The van der Waals surface area contributed by atoms with Crippen molar-refractivity contribution in [3.8, 4) is 0 Å². The number of rotatable bonds is 2. The molecule has 0 unspecified atom stereocenters. The summed E-state index contributed by atoms with van der Waals surface area (Å²) in [7, 11) is 0. The maximum Gasteiger partial charge on any atom is 0.196 e. The first-order valence-electron chi connectivity index (χ1n) is 4.63. The second-order valence-corrected chi connectivity index (χ2v) is 3.34. The number of nitrogen functional groups attached to an aromatic ring is 1. The van der Waals surface area contributed by atoms with Gasteiger partial charge in [-0.25, -0.2) is 0 Å². The van der Waals surface area contributed by atoms with Gasteiger partial charge in [0.1, 0.15) is 5.76 Å². The van der Waals surface area contributed by atoms with E-state index in [-0.39, 0.29) is 5.78 Å². The number of carbonyl (C=O) groups excluding carboxylic acids is 1. The van der Waals surface area contributed by atoms with E-state index < -0.39 is 0 Å². The summed E-state index contributed by atoms with van der Waals surface area (Å²) < 4.78 is 5.09. The zero-order valence-corrected chi connectivity index (χ0v) is 8.36. The van der Waals surface area contributed by atoms with E-state index in [4.69, 9.17) is 10.2 Å². The number of anilines is 1. The molecular weight excluding hydrogens is 190 g/mol. The Morgan fingerprint density at radius 2 is 1.87 bits per heavy atom. The summed E-state index contributed by atoms with van der Waals surface area (Å²) in [6.45, 7) is 1.77. The van der Waals surface area contributed by atoms with Crippen molar-refractivity contribution in [2.24, 2.45) is 0 Å². The summed E-state index contributed by atoms with van der Waals surface area (Å²) in [5, 5.41) is 0. The third-order valence-electron chi connectivity index (χ3n) is 2.28. The second kappa shape index (κ2) is 3.61. The van der Waals surface area contributed by atoms with Crippen LogP contribution in [0, 0.1) is 6.92 Å². The van der Waals surface area contributed by atoms with Crippen LogP contribution in [0.25, 0.3) is 0 Å². The van der Waals surface area contributed by atoms with E-state index in [9.17, 15) is 4.79 Å². The molecule has 1 aromatic carbocycles. The first-order chi connectivity index (χ1) is 7.18. The van der Waals surface area contributed by atoms with Crippen molar-refractivity contribution in [3.05, 3.63) is 53.5 Å². The zero-order valence-electron chi connectivity index (χ0n) is 8.36. The molecule has 1 aromatic heterocycles. The molecule has 2 rings (SSSR count). The van der Waals surface area contributed by atoms with Gasteiger partial charge in [0.2, 0.25) is 0 Å². The van der Waals surface area contributed by atoms with Crippen LogP contribution in [-0.4, -0.2) is 5.78 Å². The van der Waals surface area contributed by atoms with Gasteiger partial charge >= 0.3 is 0 Å². The van der Waals surface area contributed by atoms with Crippen LogP contribution in [0.15, 0.2) is 41.0 Å². The highest BCUT2D eigenvalue weighted by molar-refractivity contribution is 6.09. The first kappa shape index (κ1) is 9.52. The van der Waals surface area contributed by atoms with E-state index >= 15 is 0 Å². The molecule has 0 radical (unpaired) electrons. The summed E-state index contributed by atoms with van der Waals surface area (Å²) in [5.74, 6) is 0.595. The van der Waals surface area contributed by atoms with Crippen molar-refractivity contribution < 1.29 is 9.21 Å². The number of hydrogen-bond acceptors (Lipinski definition) is 3. The highest BCUT2D eigenvalue weighted by Gasteiger charge is 2.13. The van der Waals surface area contributed by atoms with E-state index in [0.29, 0.717) is 22.6 Å². The van der Waals surface area contributed by atoms with Crippen LogP contribution in [0.1, 0.15) is 21.7 Å². The number of furan rings is 1. The van der Waals surface area contributed by atoms with Gasteiger partial charge in [0.25, 0.3) is 0 Å². The topological polar surface area (TPSA) is 56.2 Å². The summed E-state index contributed by atoms with van der Waals surface area (Å²) in [5.41, 5.74) is 7.41. The highest BCUT2D eigenvalue weighted by Crippen LogP contribution is 2.15. The van der Waals surface area contributed by atoms with Crippen molar-refractivity contribution in [2.45, 2.75) is 6.92 Å². The second-order valence-electron chi connectivity index (χ2n) is 3.34. The minimum absolute atomic E-state index is 0.0405. The van der Waals surface area contributed by atoms with Gasteiger partial charge in [-0.05, 0) is 37.3 Å². The van der Waals surface area contributed by atoms with Crippen molar-refractivity contribution in [1.82, 2.24) is 0 Å². The van der Waals surface area contributed by atoms with Crippen LogP contribution in [0.3, 0.4) is 0 Å². The molecule has 0 amide bonds. The fourth-order valence-corrected chi connectivity index (χ4v) is 1.41. The number of nitrogens with two attached hydrogens (primary N) is 1. The normalized spacial score (nSPS) is 10.2. The lowest BCUT2D eigenvalue weighted by molar-refractivity contribution is 0.103. The predicted octanol–water partition coefficient (Wildman–Crippen LogP) is 2.40. The summed E-state index contributed by atoms with van der Waals surface area (Å²) in [4.78, 5) is 11.9. The molecule has 0 saturated carbocycles. The quantitative estimate of drug-likeness (QED) is 0.599. The summed E-state index contributed by atoms with van der Waals surface area (Å²) >= 11 is 0. The van der Waals surface area contributed by atoms with E-state index in [1.54, 1.807) is 37.3 Å². The molecule has 3 heteroatoms. The molecular formula is C12H11NO2. The Morgan fingerprint density at radius 1 is 1.20 bits per heavy atom. The van der Waals surface area contributed by atoms with Gasteiger partial charge < -0.3 is 10.2 Å². The van der Waals surface area contributed by atoms with Crippen LogP contribution in [0.5, 0.6) is 0 Å². The monoisotopic (exact) mass is 201 g/mol. The molecule has 0 fully saturated rings. The molecule has 3 nitrogen and oxygen atoms in total.